The third-order valence-corrected chi connectivity index (χ3v) is 22.2. The van der Waals surface area contributed by atoms with E-state index in [2.05, 4.69) is 173 Å². The standard InChI is InChI=1S/C23H37NO2.C19H25N5.2C17H27N3O2.C16H21N3O/c1-16(2)13-17-14-22(18-5-9-20(25-3)10-6-18)24-23(15-17)19-7-11-21(26-4)12-8-19;1-10(2)7-15-8-16(18-11(3)21-22-12(18)4)20-17(9-15)19-13(5)23-24-14(19)6;1-14(2)11-15-12-16(19-3-7-21-8-4-19)18-17(13-15)20-5-9-22-10-6-20;1-12(2)7-13-8-16(19-5-3-14(21)10-19)18-17(9-13)20-6-4-15(22)11-20;1-12(2)10-14-11-15(13-6-4-3-5-7-13)19-16(18-14)17-8-9-20/h14-16,18-21H,5-13H2,1-4H3;8-10H,7H2,1-6H3,(H,21,22)(H,23,24);12-14H,3-11H2,1-2H3;8-9,12,14-15,21-22H,3-7,10-11H2,1-2H3;3-7,11-12,20H,8-10H2,1-2H3,(H,17,18,19). The largest absolute Gasteiger partial charge is 0.395 e. The molecule has 0 radical (unpaired) electrons. The molecule has 114 heavy (non-hydrogen) atoms. The van der Waals surface area contributed by atoms with Gasteiger partial charge in [-0.05, 0) is 230 Å². The van der Waals surface area contributed by atoms with Crippen molar-refractivity contribution in [2.45, 2.75) is 229 Å². The second kappa shape index (κ2) is 43.8. The maximum atomic E-state index is 9.78. The molecule has 2 unspecified atom stereocenters. The molecular formula is C92H137N15O7. The summed E-state index contributed by atoms with van der Waals surface area (Å²) in [5.74, 6) is 9.00. The Labute approximate surface area is 681 Å². The fraction of sp³-hybridized carbons (Fsp3) is 0.609. The number of aromatic nitrogens is 10. The SMILES string of the molecule is CC(C)Cc1cc(-c2ccccc2)nc(NCCO)n1.CC(C)Cc1cc(N2CCC(O)C2)nc(N2CCC(O)C2)c1.CC(C)Cc1cc(N2CCOCC2)nc(N2CCOCC2)c1.COC1CCC(c2cc(CC(C)C)cc(C3CCC(OC)CC3)n2)CC1.Cc1n[nH]c(C)c1-c1cc(CC(C)C)cc(-c2c(C)n[nH]c2C)n1. The number of hydrogen-bond donors (Lipinski definition) is 6. The third kappa shape index (κ3) is 26.5. The second-order valence-electron chi connectivity index (χ2n) is 34.5. The van der Waals surface area contributed by atoms with Crippen molar-refractivity contribution in [1.29, 1.82) is 0 Å². The van der Waals surface area contributed by atoms with Crippen molar-refractivity contribution in [1.82, 2.24) is 50.3 Å². The number of morpholine rings is 2. The van der Waals surface area contributed by atoms with Gasteiger partial charge in [-0.2, -0.15) is 10.2 Å². The Balaban J connectivity index is 0.000000151. The number of β-amino-alcohol motifs (C(OH)–C–C–N with tert-alkyl or cyclic N) is 2. The van der Waals surface area contributed by atoms with Gasteiger partial charge in [-0.15, -0.1) is 0 Å². The molecule has 22 nitrogen and oxygen atoms in total. The lowest BCUT2D eigenvalue weighted by Crippen LogP contribution is -2.39. The molecule has 2 aliphatic carbocycles. The molecule has 2 saturated carbocycles. The monoisotopic (exact) mass is 1560 g/mol. The zero-order chi connectivity index (χ0) is 81.4. The van der Waals surface area contributed by atoms with Crippen LogP contribution >= 0.6 is 0 Å². The van der Waals surface area contributed by atoms with Crippen molar-refractivity contribution in [3.05, 3.63) is 147 Å². The predicted octanol–water partition coefficient (Wildman–Crippen LogP) is 16.0. The summed E-state index contributed by atoms with van der Waals surface area (Å²) in [5, 5.41) is 46.3. The molecule has 6 N–H and O–H groups in total. The lowest BCUT2D eigenvalue weighted by atomic mass is 9.82. The zero-order valence-electron chi connectivity index (χ0n) is 71.8. The maximum Gasteiger partial charge on any atom is 0.223 e. The minimum absolute atomic E-state index is 0.0679. The molecule has 622 valence electrons. The van der Waals surface area contributed by atoms with E-state index in [1.165, 1.54) is 85.0 Å². The summed E-state index contributed by atoms with van der Waals surface area (Å²) in [7, 11) is 3.70. The first-order valence-electron chi connectivity index (χ1n) is 42.8. The second-order valence-corrected chi connectivity index (χ2v) is 34.5. The molecule has 6 aliphatic rings. The van der Waals surface area contributed by atoms with Gasteiger partial charge in [0.05, 0.1) is 85.9 Å². The van der Waals surface area contributed by atoms with Gasteiger partial charge in [0.15, 0.2) is 0 Å². The van der Waals surface area contributed by atoms with Crippen LogP contribution in [0.3, 0.4) is 0 Å². The number of hydrogen-bond acceptors (Lipinski definition) is 20. The van der Waals surface area contributed by atoms with E-state index in [0.29, 0.717) is 79.2 Å². The van der Waals surface area contributed by atoms with Gasteiger partial charge in [0.25, 0.3) is 0 Å². The molecule has 14 rings (SSSR count). The Morgan fingerprint density at radius 3 is 1.19 bits per heavy atom. The van der Waals surface area contributed by atoms with Gasteiger partial charge in [0.2, 0.25) is 5.95 Å². The van der Waals surface area contributed by atoms with Crippen LogP contribution in [0.1, 0.15) is 207 Å². The number of anilines is 5. The fourth-order valence-electron chi connectivity index (χ4n) is 16.6. The molecule has 0 amide bonds. The highest BCUT2D eigenvalue weighted by molar-refractivity contribution is 5.72. The molecule has 22 heteroatoms. The maximum absolute atomic E-state index is 9.78. The first-order chi connectivity index (χ1) is 54.9. The van der Waals surface area contributed by atoms with Gasteiger partial charge >= 0.3 is 0 Å². The van der Waals surface area contributed by atoms with Crippen molar-refractivity contribution in [3.63, 3.8) is 0 Å². The van der Waals surface area contributed by atoms with Crippen LogP contribution in [0, 0.1) is 57.3 Å². The number of aromatic amines is 2. The van der Waals surface area contributed by atoms with Crippen LogP contribution in [0.4, 0.5) is 29.2 Å². The highest BCUT2D eigenvalue weighted by Gasteiger charge is 2.30. The summed E-state index contributed by atoms with van der Waals surface area (Å²) in [6, 6.07) is 30.1. The van der Waals surface area contributed by atoms with Crippen molar-refractivity contribution < 1.29 is 34.3 Å². The number of pyridine rings is 4. The van der Waals surface area contributed by atoms with Gasteiger partial charge < -0.3 is 59.2 Å². The molecule has 2 atom stereocenters. The van der Waals surface area contributed by atoms with E-state index in [9.17, 15) is 10.2 Å². The Hall–Kier alpha value is -7.96. The summed E-state index contributed by atoms with van der Waals surface area (Å²) < 4.78 is 22.1. The lowest BCUT2D eigenvalue weighted by Gasteiger charge is -2.32. The minimum Gasteiger partial charge on any atom is -0.395 e. The van der Waals surface area contributed by atoms with Gasteiger partial charge in [-0.25, -0.2) is 24.9 Å². The molecule has 8 aromatic rings. The van der Waals surface area contributed by atoms with E-state index in [0.717, 1.165) is 196 Å². The van der Waals surface area contributed by atoms with E-state index in [4.69, 9.17) is 44.0 Å². The van der Waals surface area contributed by atoms with E-state index in [1.807, 2.05) is 78.3 Å². The van der Waals surface area contributed by atoms with Crippen LogP contribution in [-0.4, -0.2) is 196 Å². The minimum atomic E-state index is -0.243. The van der Waals surface area contributed by atoms with Crippen molar-refractivity contribution in [2.75, 3.05) is 131 Å². The topological polar surface area (TPSA) is 257 Å². The first kappa shape index (κ1) is 88.4. The van der Waals surface area contributed by atoms with Gasteiger partial charge in [0.1, 0.15) is 23.3 Å². The van der Waals surface area contributed by atoms with Gasteiger partial charge in [0, 0.05) is 130 Å². The van der Waals surface area contributed by atoms with E-state index >= 15 is 0 Å². The van der Waals surface area contributed by atoms with Crippen LogP contribution in [0.25, 0.3) is 33.8 Å². The van der Waals surface area contributed by atoms with Crippen LogP contribution in [-0.2, 0) is 51.1 Å². The average molecular weight is 1570 g/mol. The van der Waals surface area contributed by atoms with Crippen LogP contribution in [0.15, 0.2) is 84.9 Å². The smallest absolute Gasteiger partial charge is 0.223 e. The Kier molecular flexibility index (Phi) is 34.0. The molecule has 4 aliphatic heterocycles. The molecule has 0 bridgehead atoms. The van der Waals surface area contributed by atoms with Crippen molar-refractivity contribution in [3.8, 4) is 33.8 Å². The van der Waals surface area contributed by atoms with Crippen molar-refractivity contribution >= 4 is 29.2 Å². The first-order valence-corrected chi connectivity index (χ1v) is 42.8. The quantitative estimate of drug-likeness (QED) is 0.0329. The van der Waals surface area contributed by atoms with Crippen LogP contribution < -0.4 is 24.9 Å². The van der Waals surface area contributed by atoms with Gasteiger partial charge in [-0.3, -0.25) is 15.2 Å². The fourth-order valence-corrected chi connectivity index (χ4v) is 16.6. The number of aryl methyl sites for hydroxylation is 4. The number of aliphatic hydroxyl groups is 3. The Morgan fingerprint density at radius 1 is 0.439 bits per heavy atom. The number of methoxy groups -OCH3 is 2. The number of ether oxygens (including phenoxy) is 4. The van der Waals surface area contributed by atoms with E-state index < -0.39 is 0 Å². The summed E-state index contributed by atoms with van der Waals surface area (Å²) in [4.78, 5) is 37.9. The highest BCUT2D eigenvalue weighted by atomic mass is 16.5. The van der Waals surface area contributed by atoms with E-state index in [1.54, 1.807) is 0 Å². The summed E-state index contributed by atoms with van der Waals surface area (Å²) in [6.07, 6.45) is 16.8. The summed E-state index contributed by atoms with van der Waals surface area (Å²) in [5.41, 5.74) is 19.4. The van der Waals surface area contributed by atoms with Crippen LogP contribution in [0.2, 0.25) is 0 Å². The van der Waals surface area contributed by atoms with Crippen LogP contribution in [0.5, 0.6) is 0 Å². The number of aliphatic hydroxyl groups excluding tert-OH is 3. The normalized spacial score (nSPS) is 19.9. The average Bonchev–Trinajstić information content (AvgIpc) is 1.60. The number of nitrogens with one attached hydrogen (secondary N) is 3. The molecule has 0 spiro atoms. The number of benzene rings is 1. The number of nitrogens with zero attached hydrogens (tertiary/aromatic N) is 12. The van der Waals surface area contributed by atoms with E-state index in [-0.39, 0.29) is 18.8 Å². The summed E-state index contributed by atoms with van der Waals surface area (Å²) in [6.45, 7) is 41.0. The summed E-state index contributed by atoms with van der Waals surface area (Å²) >= 11 is 0. The highest BCUT2D eigenvalue weighted by Crippen LogP contribution is 2.39. The Morgan fingerprint density at radius 2 is 0.833 bits per heavy atom. The molecule has 4 saturated heterocycles. The Bertz CT molecular complexity index is 3910. The number of rotatable bonds is 24. The molecular weight excluding hydrogens is 1430 g/mol. The molecule has 11 heterocycles. The molecule has 1 aromatic carbocycles. The zero-order valence-corrected chi connectivity index (χ0v) is 71.8. The number of H-pyrrole nitrogens is 2. The van der Waals surface area contributed by atoms with Gasteiger partial charge in [-0.1, -0.05) is 99.6 Å². The third-order valence-electron chi connectivity index (χ3n) is 22.2. The molecule has 6 fully saturated rings. The molecule has 7 aromatic heterocycles. The van der Waals surface area contributed by atoms with Crippen molar-refractivity contribution in [2.24, 2.45) is 29.6 Å². The predicted molar refractivity (Wildman–Crippen MR) is 463 cm³/mol. The lowest BCUT2D eigenvalue weighted by molar-refractivity contribution is 0.0646.